The van der Waals surface area contributed by atoms with Crippen molar-refractivity contribution < 1.29 is 4.74 Å². The molecular weight excluding hydrogens is 226 g/mol. The normalized spacial score (nSPS) is 16.7. The van der Waals surface area contributed by atoms with Crippen molar-refractivity contribution in [2.24, 2.45) is 0 Å². The number of nitrogens with one attached hydrogen (secondary N) is 2. The molecule has 100 valence electrons. The Morgan fingerprint density at radius 3 is 2.89 bits per heavy atom. The van der Waals surface area contributed by atoms with Crippen molar-refractivity contribution in [3.05, 3.63) is 23.8 Å². The van der Waals surface area contributed by atoms with Gasteiger partial charge in [-0.05, 0) is 62.7 Å². The lowest BCUT2D eigenvalue weighted by atomic mass is 10.1. The van der Waals surface area contributed by atoms with E-state index < -0.39 is 0 Å². The van der Waals surface area contributed by atoms with Gasteiger partial charge in [0, 0.05) is 11.7 Å². The molecule has 1 heterocycles. The van der Waals surface area contributed by atoms with Crippen LogP contribution in [0.4, 0.5) is 5.69 Å². The van der Waals surface area contributed by atoms with Crippen LogP contribution in [0.15, 0.2) is 18.2 Å². The Labute approximate surface area is 109 Å². The van der Waals surface area contributed by atoms with Gasteiger partial charge in [0.2, 0.25) is 0 Å². The Morgan fingerprint density at radius 1 is 1.39 bits per heavy atom. The molecule has 1 aliphatic heterocycles. The third-order valence-electron chi connectivity index (χ3n) is 3.52. The number of nitrogen functional groups attached to an aromatic ring is 1. The first kappa shape index (κ1) is 13.2. The molecule has 2 rings (SSSR count). The van der Waals surface area contributed by atoms with Crippen molar-refractivity contribution in [3.63, 3.8) is 0 Å². The van der Waals surface area contributed by atoms with Gasteiger partial charge in [0.15, 0.2) is 0 Å². The first-order chi connectivity index (χ1) is 8.79. The second-order valence-corrected chi connectivity index (χ2v) is 4.79. The van der Waals surface area contributed by atoms with Crippen molar-refractivity contribution in [2.75, 3.05) is 32.5 Å². The minimum Gasteiger partial charge on any atom is -0.497 e. The molecule has 0 unspecified atom stereocenters. The van der Waals surface area contributed by atoms with Crippen LogP contribution in [0, 0.1) is 0 Å². The van der Waals surface area contributed by atoms with Crippen molar-refractivity contribution in [1.82, 2.24) is 10.6 Å². The molecule has 1 aromatic rings. The summed E-state index contributed by atoms with van der Waals surface area (Å²) in [7, 11) is 1.68. The van der Waals surface area contributed by atoms with Gasteiger partial charge in [-0.3, -0.25) is 0 Å². The van der Waals surface area contributed by atoms with Crippen LogP contribution in [0.5, 0.6) is 5.75 Å². The van der Waals surface area contributed by atoms with Crippen LogP contribution in [0.2, 0.25) is 0 Å². The fraction of sp³-hybridized carbons (Fsp3) is 0.571. The maximum absolute atomic E-state index is 5.97. The predicted octanol–water partition coefficient (Wildman–Crippen LogP) is 1.16. The highest BCUT2D eigenvalue weighted by atomic mass is 16.5. The van der Waals surface area contributed by atoms with E-state index in [4.69, 9.17) is 10.5 Å². The average Bonchev–Trinajstić information content (AvgIpc) is 2.42. The van der Waals surface area contributed by atoms with Crippen LogP contribution in [-0.4, -0.2) is 32.8 Å². The molecule has 0 radical (unpaired) electrons. The fourth-order valence-corrected chi connectivity index (χ4v) is 2.36. The minimum atomic E-state index is 0.651. The van der Waals surface area contributed by atoms with Gasteiger partial charge in [0.1, 0.15) is 5.75 Å². The zero-order valence-corrected chi connectivity index (χ0v) is 11.0. The third kappa shape index (κ3) is 3.62. The van der Waals surface area contributed by atoms with E-state index in [2.05, 4.69) is 10.6 Å². The molecule has 0 aliphatic carbocycles. The minimum absolute atomic E-state index is 0.651. The Bertz CT molecular complexity index is 375. The van der Waals surface area contributed by atoms with Crippen LogP contribution in [0.3, 0.4) is 0 Å². The maximum Gasteiger partial charge on any atom is 0.119 e. The summed E-state index contributed by atoms with van der Waals surface area (Å²) in [5, 5.41) is 6.97. The lowest BCUT2D eigenvalue weighted by molar-refractivity contribution is 0.389. The largest absolute Gasteiger partial charge is 0.497 e. The van der Waals surface area contributed by atoms with Gasteiger partial charge in [-0.15, -0.1) is 0 Å². The zero-order chi connectivity index (χ0) is 12.8. The van der Waals surface area contributed by atoms with Crippen LogP contribution < -0.4 is 21.1 Å². The van der Waals surface area contributed by atoms with E-state index >= 15 is 0 Å². The summed E-state index contributed by atoms with van der Waals surface area (Å²) in [6.07, 6.45) is 3.38. The number of benzene rings is 1. The topological polar surface area (TPSA) is 59.3 Å². The van der Waals surface area contributed by atoms with Crippen molar-refractivity contribution in [3.8, 4) is 5.75 Å². The summed E-state index contributed by atoms with van der Waals surface area (Å²) >= 11 is 0. The van der Waals surface area contributed by atoms with Gasteiger partial charge >= 0.3 is 0 Å². The molecule has 18 heavy (non-hydrogen) atoms. The van der Waals surface area contributed by atoms with E-state index in [-0.39, 0.29) is 0 Å². The standard InChI is InChI=1S/C14H23N3O/c1-18-13-2-3-14(15)11(10-13)4-9-17-12-5-7-16-8-6-12/h2-3,10,12,16-17H,4-9,15H2,1H3. The lowest BCUT2D eigenvalue weighted by Gasteiger charge is -2.23. The smallest absolute Gasteiger partial charge is 0.119 e. The Hall–Kier alpha value is -1.26. The van der Waals surface area contributed by atoms with Gasteiger partial charge in [-0.2, -0.15) is 0 Å². The van der Waals surface area contributed by atoms with Crippen LogP contribution in [0.25, 0.3) is 0 Å². The second-order valence-electron chi connectivity index (χ2n) is 4.79. The molecular formula is C14H23N3O. The first-order valence-electron chi connectivity index (χ1n) is 6.66. The molecule has 1 fully saturated rings. The van der Waals surface area contributed by atoms with Gasteiger partial charge in [0.05, 0.1) is 7.11 Å². The van der Waals surface area contributed by atoms with Crippen molar-refractivity contribution in [2.45, 2.75) is 25.3 Å². The van der Waals surface area contributed by atoms with Crippen LogP contribution in [0.1, 0.15) is 18.4 Å². The Balaban J connectivity index is 1.81. The molecule has 4 N–H and O–H groups in total. The number of anilines is 1. The number of piperidine rings is 1. The number of rotatable bonds is 5. The van der Waals surface area contributed by atoms with E-state index in [0.29, 0.717) is 6.04 Å². The summed E-state index contributed by atoms with van der Waals surface area (Å²) in [6.45, 7) is 3.22. The van der Waals surface area contributed by atoms with E-state index in [1.807, 2.05) is 18.2 Å². The molecule has 0 saturated carbocycles. The fourth-order valence-electron chi connectivity index (χ4n) is 2.36. The van der Waals surface area contributed by atoms with Gasteiger partial charge in [-0.25, -0.2) is 0 Å². The summed E-state index contributed by atoms with van der Waals surface area (Å²) < 4.78 is 5.22. The van der Waals surface area contributed by atoms with E-state index in [1.54, 1.807) is 7.11 Å². The van der Waals surface area contributed by atoms with E-state index in [1.165, 1.54) is 12.8 Å². The highest BCUT2D eigenvalue weighted by Crippen LogP contribution is 2.19. The SMILES string of the molecule is COc1ccc(N)c(CCNC2CCNCC2)c1. The van der Waals surface area contributed by atoms with Crippen LogP contribution in [-0.2, 0) is 6.42 Å². The lowest BCUT2D eigenvalue weighted by Crippen LogP contribution is -2.40. The molecule has 0 atom stereocenters. The van der Waals surface area contributed by atoms with Gasteiger partial charge in [0.25, 0.3) is 0 Å². The zero-order valence-electron chi connectivity index (χ0n) is 11.0. The molecule has 0 bridgehead atoms. The molecule has 0 aromatic heterocycles. The summed E-state index contributed by atoms with van der Waals surface area (Å²) in [6, 6.07) is 6.50. The van der Waals surface area contributed by atoms with Crippen LogP contribution >= 0.6 is 0 Å². The maximum atomic E-state index is 5.97. The van der Waals surface area contributed by atoms with Gasteiger partial charge < -0.3 is 21.1 Å². The molecule has 4 nitrogen and oxygen atoms in total. The van der Waals surface area contributed by atoms with Crippen molar-refractivity contribution >= 4 is 5.69 Å². The summed E-state index contributed by atoms with van der Waals surface area (Å²) in [4.78, 5) is 0. The third-order valence-corrected chi connectivity index (χ3v) is 3.52. The quantitative estimate of drug-likeness (QED) is 0.685. The number of hydrogen-bond donors (Lipinski definition) is 3. The molecule has 1 aromatic carbocycles. The second kappa shape index (κ2) is 6.61. The molecule has 0 spiro atoms. The first-order valence-corrected chi connectivity index (χ1v) is 6.66. The predicted molar refractivity (Wildman–Crippen MR) is 75.0 cm³/mol. The highest BCUT2D eigenvalue weighted by molar-refractivity contribution is 5.50. The number of methoxy groups -OCH3 is 1. The number of hydrogen-bond acceptors (Lipinski definition) is 4. The summed E-state index contributed by atoms with van der Waals surface area (Å²) in [5.41, 5.74) is 7.98. The molecule has 1 saturated heterocycles. The summed E-state index contributed by atoms with van der Waals surface area (Å²) in [5.74, 6) is 0.876. The van der Waals surface area contributed by atoms with E-state index in [9.17, 15) is 0 Å². The number of ether oxygens (including phenoxy) is 1. The number of nitrogens with two attached hydrogens (primary N) is 1. The molecule has 0 amide bonds. The highest BCUT2D eigenvalue weighted by Gasteiger charge is 2.11. The molecule has 1 aliphatic rings. The molecule has 4 heteroatoms. The van der Waals surface area contributed by atoms with Crippen molar-refractivity contribution in [1.29, 1.82) is 0 Å². The van der Waals surface area contributed by atoms with Gasteiger partial charge in [-0.1, -0.05) is 0 Å². The Kier molecular flexibility index (Phi) is 4.84. The average molecular weight is 249 g/mol. The van der Waals surface area contributed by atoms with E-state index in [0.717, 1.165) is 43.1 Å². The Morgan fingerprint density at radius 2 is 2.17 bits per heavy atom. The monoisotopic (exact) mass is 249 g/mol.